The molecule has 0 bridgehead atoms. The van der Waals surface area contributed by atoms with E-state index in [0.717, 1.165) is 42.3 Å². The number of hydrogen-bond acceptors (Lipinski definition) is 5. The second-order valence-corrected chi connectivity index (χ2v) is 8.45. The Balaban J connectivity index is 1.32. The van der Waals surface area contributed by atoms with E-state index in [0.29, 0.717) is 22.2 Å². The van der Waals surface area contributed by atoms with Crippen molar-refractivity contribution in [2.24, 2.45) is 0 Å². The lowest BCUT2D eigenvalue weighted by Crippen LogP contribution is -2.35. The summed E-state index contributed by atoms with van der Waals surface area (Å²) in [4.78, 5) is 15.0. The van der Waals surface area contributed by atoms with E-state index in [1.807, 2.05) is 48.5 Å². The van der Waals surface area contributed by atoms with Crippen LogP contribution in [0.25, 0.3) is 16.5 Å². The largest absolute Gasteiger partial charge is 0.357 e. The number of carbonyl (C=O) groups excluding carboxylic acids is 1. The minimum atomic E-state index is -0.421. The predicted molar refractivity (Wildman–Crippen MR) is 128 cm³/mol. The number of fused-ring (bicyclic) bond motifs is 1. The van der Waals surface area contributed by atoms with E-state index >= 15 is 0 Å². The zero-order chi connectivity index (χ0) is 22.8. The van der Waals surface area contributed by atoms with Gasteiger partial charge in [-0.2, -0.15) is 4.68 Å². The molecule has 0 spiro atoms. The van der Waals surface area contributed by atoms with E-state index in [9.17, 15) is 4.79 Å². The van der Waals surface area contributed by atoms with Crippen molar-refractivity contribution in [2.45, 2.75) is 19.3 Å². The lowest BCUT2D eigenvalue weighted by Gasteiger charge is -2.29. The second-order valence-electron chi connectivity index (χ2n) is 8.02. The molecule has 2 heterocycles. The van der Waals surface area contributed by atoms with Crippen LogP contribution in [0, 0.1) is 5.41 Å². The fraction of sp³-hybridized carbons (Fsp3) is 0.208. The Bertz CT molecular complexity index is 1330. The van der Waals surface area contributed by atoms with Gasteiger partial charge in [0.1, 0.15) is 5.84 Å². The van der Waals surface area contributed by atoms with Crippen molar-refractivity contribution in [1.29, 1.82) is 5.41 Å². The van der Waals surface area contributed by atoms with Crippen molar-refractivity contribution in [1.82, 2.24) is 25.1 Å². The molecule has 4 aromatic rings. The first kappa shape index (κ1) is 21.1. The molecule has 9 heteroatoms. The number of halogens is 1. The topological polar surface area (TPSA) is 99.8 Å². The van der Waals surface area contributed by atoms with Gasteiger partial charge in [-0.3, -0.25) is 10.2 Å². The third-order valence-corrected chi connectivity index (χ3v) is 6.03. The Kier molecular flexibility index (Phi) is 5.75. The van der Waals surface area contributed by atoms with Gasteiger partial charge < -0.3 is 10.2 Å². The molecule has 1 aliphatic heterocycles. The normalized spacial score (nSPS) is 13.8. The van der Waals surface area contributed by atoms with Gasteiger partial charge in [-0.1, -0.05) is 23.7 Å². The average molecular weight is 460 g/mol. The maximum atomic E-state index is 12.9. The minimum Gasteiger partial charge on any atom is -0.357 e. The molecule has 0 aliphatic carbocycles. The maximum Gasteiger partial charge on any atom is 0.295 e. The van der Waals surface area contributed by atoms with E-state index < -0.39 is 5.91 Å². The van der Waals surface area contributed by atoms with Gasteiger partial charge in [-0.15, -0.1) is 5.10 Å². The van der Waals surface area contributed by atoms with Crippen LogP contribution < -0.4 is 5.32 Å². The van der Waals surface area contributed by atoms with E-state index in [4.69, 9.17) is 17.0 Å². The molecular weight excluding hydrogens is 438 g/mol. The summed E-state index contributed by atoms with van der Waals surface area (Å²) in [5.74, 6) is 0.178. The van der Waals surface area contributed by atoms with Crippen LogP contribution in [0.1, 0.15) is 35.4 Å². The lowest BCUT2D eigenvalue weighted by molar-refractivity contribution is 0.101. The van der Waals surface area contributed by atoms with Crippen molar-refractivity contribution >= 4 is 39.8 Å². The fourth-order valence-corrected chi connectivity index (χ4v) is 4.22. The Labute approximate surface area is 195 Å². The number of aromatic nitrogens is 4. The van der Waals surface area contributed by atoms with E-state index in [-0.39, 0.29) is 5.82 Å². The number of anilines is 1. The highest BCUT2D eigenvalue weighted by molar-refractivity contribution is 6.31. The number of benzene rings is 3. The average Bonchev–Trinajstić information content (AvgIpc) is 3.34. The number of likely N-dealkylation sites (tertiary alicyclic amines) is 1. The molecule has 166 valence electrons. The number of amides is 1. The van der Waals surface area contributed by atoms with Gasteiger partial charge in [0.25, 0.3) is 5.91 Å². The molecule has 1 amide bonds. The number of rotatable bonds is 4. The van der Waals surface area contributed by atoms with Gasteiger partial charge in [-0.25, -0.2) is 0 Å². The number of nitrogens with one attached hydrogen (secondary N) is 2. The number of hydrogen-bond donors (Lipinski definition) is 2. The van der Waals surface area contributed by atoms with Crippen LogP contribution in [0.4, 0.5) is 5.69 Å². The molecule has 2 N–H and O–H groups in total. The zero-order valence-electron chi connectivity index (χ0n) is 17.8. The molecule has 8 nitrogen and oxygen atoms in total. The standard InChI is InChI=1S/C24H22ClN7O/c25-19-8-4-18-15-21(11-7-17(18)14-19)32-23(28-29-30-32)24(33)27-20-9-5-16(6-10-20)22(26)31-12-2-1-3-13-31/h4-11,14-15,26H,1-3,12-13H2,(H,27,33). The van der Waals surface area contributed by atoms with Crippen LogP contribution >= 0.6 is 11.6 Å². The number of carbonyl (C=O) groups is 1. The Morgan fingerprint density at radius 2 is 1.67 bits per heavy atom. The third kappa shape index (κ3) is 4.42. The second kappa shape index (κ2) is 8.99. The molecule has 0 unspecified atom stereocenters. The van der Waals surface area contributed by atoms with Crippen molar-refractivity contribution < 1.29 is 4.79 Å². The van der Waals surface area contributed by atoms with Crippen LogP contribution in [-0.2, 0) is 0 Å². The summed E-state index contributed by atoms with van der Waals surface area (Å²) >= 11 is 6.06. The van der Waals surface area contributed by atoms with Crippen LogP contribution in [0.3, 0.4) is 0 Å². The van der Waals surface area contributed by atoms with E-state index in [1.165, 1.54) is 11.1 Å². The van der Waals surface area contributed by atoms with Crippen molar-refractivity contribution in [3.05, 3.63) is 77.1 Å². The summed E-state index contributed by atoms with van der Waals surface area (Å²) in [6.45, 7) is 1.84. The molecular formula is C24H22ClN7O. The predicted octanol–water partition coefficient (Wildman–Crippen LogP) is 4.53. The Morgan fingerprint density at radius 1 is 0.939 bits per heavy atom. The quantitative estimate of drug-likeness (QED) is 0.345. The molecule has 0 radical (unpaired) electrons. The van der Waals surface area contributed by atoms with E-state index in [1.54, 1.807) is 12.1 Å². The van der Waals surface area contributed by atoms with Gasteiger partial charge in [0.2, 0.25) is 5.82 Å². The van der Waals surface area contributed by atoms with Crippen LogP contribution in [0.2, 0.25) is 5.02 Å². The summed E-state index contributed by atoms with van der Waals surface area (Å²) in [6.07, 6.45) is 3.47. The maximum absolute atomic E-state index is 12.9. The molecule has 3 aromatic carbocycles. The summed E-state index contributed by atoms with van der Waals surface area (Å²) in [5.41, 5.74) is 2.11. The summed E-state index contributed by atoms with van der Waals surface area (Å²) in [6, 6.07) is 18.5. The van der Waals surface area contributed by atoms with Crippen molar-refractivity contribution in [2.75, 3.05) is 18.4 Å². The molecule has 33 heavy (non-hydrogen) atoms. The molecule has 1 saturated heterocycles. The molecule has 0 atom stereocenters. The fourth-order valence-electron chi connectivity index (χ4n) is 4.04. The molecule has 1 aromatic heterocycles. The van der Waals surface area contributed by atoms with Crippen LogP contribution in [0.15, 0.2) is 60.7 Å². The van der Waals surface area contributed by atoms with Crippen LogP contribution in [0.5, 0.6) is 0 Å². The Morgan fingerprint density at radius 3 is 2.45 bits per heavy atom. The smallest absolute Gasteiger partial charge is 0.295 e. The number of tetrazole rings is 1. The number of piperidine rings is 1. The monoisotopic (exact) mass is 459 g/mol. The number of nitrogens with zero attached hydrogens (tertiary/aromatic N) is 5. The highest BCUT2D eigenvalue weighted by Gasteiger charge is 2.18. The molecule has 5 rings (SSSR count). The zero-order valence-corrected chi connectivity index (χ0v) is 18.6. The highest BCUT2D eigenvalue weighted by Crippen LogP contribution is 2.23. The first-order chi connectivity index (χ1) is 16.1. The van der Waals surface area contributed by atoms with Crippen molar-refractivity contribution in [3.8, 4) is 5.69 Å². The lowest BCUT2D eigenvalue weighted by atomic mass is 10.1. The van der Waals surface area contributed by atoms with Gasteiger partial charge in [0, 0.05) is 29.4 Å². The van der Waals surface area contributed by atoms with Gasteiger partial charge in [0.15, 0.2) is 0 Å². The summed E-state index contributed by atoms with van der Waals surface area (Å²) < 4.78 is 1.41. The number of amidine groups is 1. The molecule has 0 saturated carbocycles. The Hall–Kier alpha value is -3.78. The first-order valence-corrected chi connectivity index (χ1v) is 11.2. The van der Waals surface area contributed by atoms with Crippen molar-refractivity contribution in [3.63, 3.8) is 0 Å². The first-order valence-electron chi connectivity index (χ1n) is 10.8. The van der Waals surface area contributed by atoms with Gasteiger partial charge in [0.05, 0.1) is 5.69 Å². The van der Waals surface area contributed by atoms with E-state index in [2.05, 4.69) is 25.7 Å². The SMILES string of the molecule is N=C(c1ccc(NC(=O)c2nnnn2-c2ccc3cc(Cl)ccc3c2)cc1)N1CCCCC1. The third-order valence-electron chi connectivity index (χ3n) is 5.79. The minimum absolute atomic E-state index is 0.0773. The van der Waals surface area contributed by atoms with Gasteiger partial charge in [-0.05, 0) is 89.0 Å². The van der Waals surface area contributed by atoms with Gasteiger partial charge >= 0.3 is 0 Å². The summed E-state index contributed by atoms with van der Waals surface area (Å²) in [7, 11) is 0. The molecule has 1 aliphatic rings. The highest BCUT2D eigenvalue weighted by atomic mass is 35.5. The van der Waals surface area contributed by atoms with Crippen LogP contribution in [-0.4, -0.2) is 49.9 Å². The molecule has 1 fully saturated rings. The summed E-state index contributed by atoms with van der Waals surface area (Å²) in [5, 5.41) is 25.5.